The Morgan fingerprint density at radius 2 is 2.00 bits per heavy atom. The van der Waals surface area contributed by atoms with Gasteiger partial charge >= 0.3 is 0 Å². The molecule has 12 heavy (non-hydrogen) atoms. The van der Waals surface area contributed by atoms with Gasteiger partial charge in [0.1, 0.15) is 0 Å². The zero-order valence-corrected chi connectivity index (χ0v) is 8.60. The Balaban J connectivity index is 3.05. The summed E-state index contributed by atoms with van der Waals surface area (Å²) < 4.78 is 0. The zero-order valence-electron chi connectivity index (χ0n) is 8.60. The van der Waals surface area contributed by atoms with Crippen LogP contribution in [0.2, 0.25) is 0 Å². The Kier molecular flexibility index (Phi) is 8.20. The van der Waals surface area contributed by atoms with Gasteiger partial charge in [0.15, 0.2) is 0 Å². The van der Waals surface area contributed by atoms with E-state index in [1.54, 1.807) is 0 Å². The van der Waals surface area contributed by atoms with Crippen LogP contribution in [-0.2, 0) is 0 Å². The van der Waals surface area contributed by atoms with E-state index in [0.717, 1.165) is 6.42 Å². The lowest BCUT2D eigenvalue weighted by atomic mass is 10.1. The number of hydrogen-bond donors (Lipinski definition) is 0. The lowest BCUT2D eigenvalue weighted by Crippen LogP contribution is -1.80. The molecule has 70 valence electrons. The Labute approximate surface area is 77.4 Å². The maximum absolute atomic E-state index is 3.99. The Morgan fingerprint density at radius 3 is 2.58 bits per heavy atom. The molecule has 0 aliphatic heterocycles. The highest BCUT2D eigenvalue weighted by Gasteiger charge is 1.90. The molecule has 0 amide bonds. The highest BCUT2D eigenvalue weighted by atomic mass is 14.0. The van der Waals surface area contributed by atoms with Crippen molar-refractivity contribution in [2.75, 3.05) is 0 Å². The maximum Gasteiger partial charge on any atom is -0.0323 e. The quantitative estimate of drug-likeness (QED) is 0.386. The van der Waals surface area contributed by atoms with E-state index in [4.69, 9.17) is 0 Å². The Morgan fingerprint density at radius 1 is 1.25 bits per heavy atom. The second-order valence-corrected chi connectivity index (χ2v) is 3.27. The van der Waals surface area contributed by atoms with Crippen LogP contribution >= 0.6 is 0 Å². The molecule has 0 bridgehead atoms. The highest BCUT2D eigenvalue weighted by molar-refractivity contribution is 4.91. The second-order valence-electron chi connectivity index (χ2n) is 3.27. The first-order chi connectivity index (χ1) is 5.81. The molecule has 0 aromatic heterocycles. The summed E-state index contributed by atoms with van der Waals surface area (Å²) in [4.78, 5) is 0. The lowest BCUT2D eigenvalue weighted by molar-refractivity contribution is 0.676. The summed E-state index contributed by atoms with van der Waals surface area (Å²) in [7, 11) is 0. The van der Waals surface area contributed by atoms with Gasteiger partial charge in [-0.25, -0.2) is 0 Å². The van der Waals surface area contributed by atoms with Gasteiger partial charge in [0.25, 0.3) is 0 Å². The van der Waals surface area contributed by atoms with Crippen molar-refractivity contribution in [1.29, 1.82) is 0 Å². The van der Waals surface area contributed by atoms with E-state index in [-0.39, 0.29) is 0 Å². The van der Waals surface area contributed by atoms with Gasteiger partial charge in [-0.1, -0.05) is 37.6 Å². The number of hydrogen-bond acceptors (Lipinski definition) is 0. The third-order valence-corrected chi connectivity index (χ3v) is 2.14. The molecule has 0 saturated heterocycles. The normalized spacial score (nSPS) is 10.8. The van der Waals surface area contributed by atoms with Gasteiger partial charge in [-0.15, -0.1) is 0 Å². The van der Waals surface area contributed by atoms with Crippen LogP contribution in [-0.4, -0.2) is 0 Å². The zero-order chi connectivity index (χ0) is 9.23. The molecule has 0 nitrogen and oxygen atoms in total. The molecule has 0 spiro atoms. The largest absolute Gasteiger partial charge is 0.0999 e. The average molecular weight is 166 g/mol. The van der Waals surface area contributed by atoms with E-state index >= 15 is 0 Å². The van der Waals surface area contributed by atoms with Crippen LogP contribution in [0.5, 0.6) is 0 Å². The number of rotatable bonds is 7. The summed E-state index contributed by atoms with van der Waals surface area (Å²) >= 11 is 0. The minimum atomic E-state index is 1.15. The van der Waals surface area contributed by atoms with Gasteiger partial charge in [0.2, 0.25) is 0 Å². The van der Waals surface area contributed by atoms with Crippen molar-refractivity contribution in [1.82, 2.24) is 0 Å². The standard InChI is InChI=1S/C12H22/c1-4-6-7-8-9-10-11-12(3)5-2/h4,6H,3,5,7-11H2,1-2H3. The summed E-state index contributed by atoms with van der Waals surface area (Å²) in [6, 6.07) is 0. The van der Waals surface area contributed by atoms with E-state index < -0.39 is 0 Å². The van der Waals surface area contributed by atoms with Gasteiger partial charge in [-0.2, -0.15) is 0 Å². The minimum absolute atomic E-state index is 1.15. The monoisotopic (exact) mass is 166 g/mol. The molecule has 0 atom stereocenters. The van der Waals surface area contributed by atoms with E-state index in [1.807, 2.05) is 0 Å². The van der Waals surface area contributed by atoms with Crippen molar-refractivity contribution in [3.8, 4) is 0 Å². The predicted octanol–water partition coefficient (Wildman–Crippen LogP) is 4.48. The van der Waals surface area contributed by atoms with Crippen LogP contribution in [0.25, 0.3) is 0 Å². The molecule has 0 aromatic rings. The molecule has 0 aromatic carbocycles. The summed E-state index contributed by atoms with van der Waals surface area (Å²) in [5.41, 5.74) is 1.40. The molecule has 0 heterocycles. The van der Waals surface area contributed by atoms with Gasteiger partial charge in [-0.05, 0) is 39.0 Å². The first-order valence-corrected chi connectivity index (χ1v) is 5.09. The van der Waals surface area contributed by atoms with Crippen molar-refractivity contribution in [3.05, 3.63) is 24.3 Å². The topological polar surface area (TPSA) is 0 Å². The van der Waals surface area contributed by atoms with E-state index in [0.29, 0.717) is 0 Å². The minimum Gasteiger partial charge on any atom is -0.0999 e. The molecule has 0 fully saturated rings. The molecule has 0 rings (SSSR count). The molecule has 0 heteroatoms. The van der Waals surface area contributed by atoms with Crippen LogP contribution in [0.3, 0.4) is 0 Å². The summed E-state index contributed by atoms with van der Waals surface area (Å²) in [5, 5.41) is 0. The molecule has 0 aliphatic rings. The predicted molar refractivity (Wildman–Crippen MR) is 57.3 cm³/mol. The second kappa shape index (κ2) is 8.58. The molecule has 0 unspecified atom stereocenters. The molecule has 0 aliphatic carbocycles. The van der Waals surface area contributed by atoms with Gasteiger partial charge in [0, 0.05) is 0 Å². The first-order valence-electron chi connectivity index (χ1n) is 5.09. The SMILES string of the molecule is C=C(CC)CCCCCC=CC. The number of allylic oxidation sites excluding steroid dienone is 3. The van der Waals surface area contributed by atoms with E-state index in [9.17, 15) is 0 Å². The average Bonchev–Trinajstić information content (AvgIpc) is 2.10. The fourth-order valence-corrected chi connectivity index (χ4v) is 1.16. The van der Waals surface area contributed by atoms with Crippen LogP contribution in [0, 0.1) is 0 Å². The third kappa shape index (κ3) is 7.59. The summed E-state index contributed by atoms with van der Waals surface area (Å²) in [6.07, 6.45) is 12.0. The van der Waals surface area contributed by atoms with Crippen LogP contribution < -0.4 is 0 Å². The van der Waals surface area contributed by atoms with Crippen molar-refractivity contribution in [3.63, 3.8) is 0 Å². The van der Waals surface area contributed by atoms with Gasteiger partial charge in [0.05, 0.1) is 0 Å². The fraction of sp³-hybridized carbons (Fsp3) is 0.667. The maximum atomic E-state index is 3.99. The fourth-order valence-electron chi connectivity index (χ4n) is 1.16. The van der Waals surface area contributed by atoms with Crippen molar-refractivity contribution in [2.45, 2.75) is 52.4 Å². The smallest absolute Gasteiger partial charge is 0.0323 e. The summed E-state index contributed by atoms with van der Waals surface area (Å²) in [5.74, 6) is 0. The van der Waals surface area contributed by atoms with Crippen LogP contribution in [0.1, 0.15) is 52.4 Å². The molecule has 0 saturated carbocycles. The van der Waals surface area contributed by atoms with E-state index in [1.165, 1.54) is 37.7 Å². The molecule has 0 N–H and O–H groups in total. The molecular weight excluding hydrogens is 144 g/mol. The van der Waals surface area contributed by atoms with Crippen molar-refractivity contribution < 1.29 is 0 Å². The van der Waals surface area contributed by atoms with Crippen molar-refractivity contribution in [2.24, 2.45) is 0 Å². The summed E-state index contributed by atoms with van der Waals surface area (Å²) in [6.45, 7) is 8.26. The third-order valence-electron chi connectivity index (χ3n) is 2.14. The van der Waals surface area contributed by atoms with E-state index in [2.05, 4.69) is 32.6 Å². The first kappa shape index (κ1) is 11.5. The lowest BCUT2D eigenvalue weighted by Gasteiger charge is -2.00. The van der Waals surface area contributed by atoms with Gasteiger partial charge < -0.3 is 0 Å². The van der Waals surface area contributed by atoms with Crippen LogP contribution in [0.15, 0.2) is 24.3 Å². The Bertz CT molecular complexity index is 131. The Hall–Kier alpha value is -0.520. The molecule has 0 radical (unpaired) electrons. The molecular formula is C12H22. The van der Waals surface area contributed by atoms with Gasteiger partial charge in [-0.3, -0.25) is 0 Å². The van der Waals surface area contributed by atoms with Crippen molar-refractivity contribution >= 4 is 0 Å². The van der Waals surface area contributed by atoms with Crippen LogP contribution in [0.4, 0.5) is 0 Å². The highest BCUT2D eigenvalue weighted by Crippen LogP contribution is 2.10. The number of unbranched alkanes of at least 4 members (excludes halogenated alkanes) is 3.